The third-order valence-electron chi connectivity index (χ3n) is 4.17. The average molecular weight is 484 g/mol. The van der Waals surface area contributed by atoms with Crippen molar-refractivity contribution in [3.63, 3.8) is 0 Å². The molecule has 2 aromatic rings. The zero-order valence-corrected chi connectivity index (χ0v) is 20.0. The molecule has 0 unspecified atom stereocenters. The third-order valence-corrected chi connectivity index (χ3v) is 6.43. The molecule has 0 bridgehead atoms. The third kappa shape index (κ3) is 11.2. The van der Waals surface area contributed by atoms with Crippen LogP contribution in [0.2, 0.25) is 10.0 Å². The van der Waals surface area contributed by atoms with Crippen LogP contribution in [0.1, 0.15) is 38.5 Å². The number of thioether (sulfide) groups is 2. The number of unbranched alkanes of at least 4 members (excludes halogenated alkanes) is 5. The number of nitrogens with zero attached hydrogens (tertiary/aromatic N) is 2. The first-order chi connectivity index (χ1) is 14.5. The Bertz CT molecular complexity index is 739. The van der Waals surface area contributed by atoms with Gasteiger partial charge in [0.05, 0.1) is 11.4 Å². The molecule has 162 valence electrons. The molecule has 0 aliphatic carbocycles. The summed E-state index contributed by atoms with van der Waals surface area (Å²) in [5, 5.41) is 2.61. The van der Waals surface area contributed by atoms with Gasteiger partial charge in [0.2, 0.25) is 0 Å². The Morgan fingerprint density at radius 3 is 1.30 bits per heavy atom. The van der Waals surface area contributed by atoms with Crippen LogP contribution < -0.4 is 11.5 Å². The van der Waals surface area contributed by atoms with Crippen LogP contribution in [0, 0.1) is 0 Å². The minimum Gasteiger partial charge on any atom is -0.378 e. The minimum atomic E-state index is 0.604. The highest BCUT2D eigenvalue weighted by Gasteiger charge is 1.99. The van der Waals surface area contributed by atoms with Gasteiger partial charge in [-0.25, -0.2) is 9.98 Å². The van der Waals surface area contributed by atoms with E-state index in [0.29, 0.717) is 20.4 Å². The Labute approximate surface area is 197 Å². The Kier molecular flexibility index (Phi) is 12.2. The molecule has 0 amide bonds. The van der Waals surface area contributed by atoms with Crippen LogP contribution in [0.3, 0.4) is 0 Å². The van der Waals surface area contributed by atoms with Gasteiger partial charge in [-0.15, -0.1) is 0 Å². The van der Waals surface area contributed by atoms with Crippen molar-refractivity contribution in [1.82, 2.24) is 0 Å². The maximum absolute atomic E-state index is 5.97. The van der Waals surface area contributed by atoms with Gasteiger partial charge in [-0.1, -0.05) is 72.4 Å². The zero-order chi connectivity index (χ0) is 21.6. The first kappa shape index (κ1) is 24.9. The monoisotopic (exact) mass is 482 g/mol. The van der Waals surface area contributed by atoms with Gasteiger partial charge < -0.3 is 11.5 Å². The lowest BCUT2D eigenvalue weighted by Crippen LogP contribution is -2.06. The second kappa shape index (κ2) is 14.6. The van der Waals surface area contributed by atoms with Crippen molar-refractivity contribution >= 4 is 68.4 Å². The summed E-state index contributed by atoms with van der Waals surface area (Å²) in [7, 11) is 0. The summed E-state index contributed by atoms with van der Waals surface area (Å²) in [5.74, 6) is 1.99. The summed E-state index contributed by atoms with van der Waals surface area (Å²) < 4.78 is 0. The molecule has 0 radical (unpaired) electrons. The van der Waals surface area contributed by atoms with E-state index in [9.17, 15) is 0 Å². The molecule has 0 heterocycles. The van der Waals surface area contributed by atoms with Gasteiger partial charge >= 0.3 is 0 Å². The van der Waals surface area contributed by atoms with Crippen LogP contribution in [-0.2, 0) is 0 Å². The van der Waals surface area contributed by atoms with Gasteiger partial charge in [0.25, 0.3) is 0 Å². The molecule has 0 spiro atoms. The molecule has 0 saturated carbocycles. The Balaban J connectivity index is 1.46. The van der Waals surface area contributed by atoms with E-state index in [-0.39, 0.29) is 0 Å². The van der Waals surface area contributed by atoms with Crippen molar-refractivity contribution in [1.29, 1.82) is 0 Å². The standard InChI is InChI=1S/C22H28Cl2N4S2/c23-17-7-11-19(12-8-17)27-21(25)29-15-5-3-1-2-4-6-16-30-22(26)28-20-13-9-18(24)10-14-20/h7-14H,1-6,15-16H2,(H2,25,27)(H2,26,28). The lowest BCUT2D eigenvalue weighted by Gasteiger charge is -2.03. The quantitative estimate of drug-likeness (QED) is 0.198. The molecule has 2 aromatic carbocycles. The fourth-order valence-electron chi connectivity index (χ4n) is 2.61. The minimum absolute atomic E-state index is 0.604. The Morgan fingerprint density at radius 1 is 0.600 bits per heavy atom. The molecule has 0 atom stereocenters. The van der Waals surface area contributed by atoms with Crippen molar-refractivity contribution in [3.05, 3.63) is 58.6 Å². The summed E-state index contributed by atoms with van der Waals surface area (Å²) in [6, 6.07) is 14.7. The summed E-state index contributed by atoms with van der Waals surface area (Å²) in [6.07, 6.45) is 7.22. The summed E-state index contributed by atoms with van der Waals surface area (Å²) in [4.78, 5) is 8.77. The topological polar surface area (TPSA) is 76.8 Å². The second-order valence-corrected chi connectivity index (χ2v) is 9.77. The van der Waals surface area contributed by atoms with Crippen molar-refractivity contribution in [3.8, 4) is 0 Å². The van der Waals surface area contributed by atoms with Crippen molar-refractivity contribution in [2.45, 2.75) is 38.5 Å². The highest BCUT2D eigenvalue weighted by atomic mass is 35.5. The number of halogens is 2. The molecular weight excluding hydrogens is 455 g/mol. The van der Waals surface area contributed by atoms with E-state index in [1.807, 2.05) is 48.5 Å². The molecular formula is C22H28Cl2N4S2. The first-order valence-corrected chi connectivity index (χ1v) is 12.7. The number of aliphatic imine (C=N–C) groups is 2. The van der Waals surface area contributed by atoms with Gasteiger partial charge in [-0.05, 0) is 61.4 Å². The fourth-order valence-corrected chi connectivity index (χ4v) is 4.32. The number of amidine groups is 2. The van der Waals surface area contributed by atoms with Crippen LogP contribution in [0.5, 0.6) is 0 Å². The van der Waals surface area contributed by atoms with E-state index < -0.39 is 0 Å². The van der Waals surface area contributed by atoms with Crippen LogP contribution in [0.25, 0.3) is 0 Å². The van der Waals surface area contributed by atoms with Crippen molar-refractivity contribution < 1.29 is 0 Å². The van der Waals surface area contributed by atoms with Gasteiger partial charge in [-0.3, -0.25) is 0 Å². The van der Waals surface area contributed by atoms with Crippen LogP contribution in [0.15, 0.2) is 58.5 Å². The lowest BCUT2D eigenvalue weighted by atomic mass is 10.1. The number of benzene rings is 2. The average Bonchev–Trinajstić information content (AvgIpc) is 2.73. The van der Waals surface area contributed by atoms with E-state index in [4.69, 9.17) is 34.7 Å². The van der Waals surface area contributed by atoms with E-state index >= 15 is 0 Å². The summed E-state index contributed by atoms with van der Waals surface area (Å²) >= 11 is 15.0. The molecule has 2 rings (SSSR count). The molecule has 4 nitrogen and oxygen atoms in total. The molecule has 0 fully saturated rings. The van der Waals surface area contributed by atoms with Gasteiger partial charge in [-0.2, -0.15) is 0 Å². The van der Waals surface area contributed by atoms with Crippen LogP contribution in [0.4, 0.5) is 11.4 Å². The molecule has 8 heteroatoms. The SMILES string of the molecule is NC(=Nc1ccc(Cl)cc1)SCCCCCCCCSC(N)=Nc1ccc(Cl)cc1. The Morgan fingerprint density at radius 2 is 0.933 bits per heavy atom. The van der Waals surface area contributed by atoms with Gasteiger partial charge in [0.15, 0.2) is 10.3 Å². The van der Waals surface area contributed by atoms with Gasteiger partial charge in [0, 0.05) is 21.6 Å². The first-order valence-electron chi connectivity index (χ1n) is 9.98. The van der Waals surface area contributed by atoms with Crippen LogP contribution in [-0.4, -0.2) is 21.8 Å². The van der Waals surface area contributed by atoms with Crippen LogP contribution >= 0.6 is 46.7 Å². The summed E-state index contributed by atoms with van der Waals surface area (Å²) in [5.41, 5.74) is 13.6. The van der Waals surface area contributed by atoms with Crippen molar-refractivity contribution in [2.75, 3.05) is 11.5 Å². The van der Waals surface area contributed by atoms with Gasteiger partial charge in [0.1, 0.15) is 0 Å². The maximum atomic E-state index is 5.97. The predicted octanol–water partition coefficient (Wildman–Crippen LogP) is 7.39. The maximum Gasteiger partial charge on any atom is 0.159 e. The largest absolute Gasteiger partial charge is 0.378 e. The van der Waals surface area contributed by atoms with E-state index in [1.165, 1.54) is 25.7 Å². The smallest absolute Gasteiger partial charge is 0.159 e. The molecule has 0 aromatic heterocycles. The highest BCUT2D eigenvalue weighted by Crippen LogP contribution is 2.19. The summed E-state index contributed by atoms with van der Waals surface area (Å²) in [6.45, 7) is 0. The highest BCUT2D eigenvalue weighted by molar-refractivity contribution is 8.14. The predicted molar refractivity (Wildman–Crippen MR) is 138 cm³/mol. The molecule has 0 aliphatic heterocycles. The van der Waals surface area contributed by atoms with Crippen molar-refractivity contribution in [2.24, 2.45) is 21.5 Å². The molecule has 0 aliphatic rings. The van der Waals surface area contributed by atoms with E-state index in [1.54, 1.807) is 23.5 Å². The molecule has 30 heavy (non-hydrogen) atoms. The Hall–Kier alpha value is -1.34. The fraction of sp³-hybridized carbons (Fsp3) is 0.364. The normalized spacial score (nSPS) is 12.3. The number of nitrogens with two attached hydrogens (primary N) is 2. The second-order valence-electron chi connectivity index (χ2n) is 6.67. The number of hydrogen-bond donors (Lipinski definition) is 2. The van der Waals surface area contributed by atoms with E-state index in [0.717, 1.165) is 35.7 Å². The van der Waals surface area contributed by atoms with E-state index in [2.05, 4.69) is 9.98 Å². The number of rotatable bonds is 11. The lowest BCUT2D eigenvalue weighted by molar-refractivity contribution is 0.629. The zero-order valence-electron chi connectivity index (χ0n) is 16.9. The number of hydrogen-bond acceptors (Lipinski definition) is 4. The molecule has 4 N–H and O–H groups in total. The molecule has 0 saturated heterocycles.